The number of benzene rings is 6. The molecule has 0 fully saturated rings. The van der Waals surface area contributed by atoms with Gasteiger partial charge in [-0.1, -0.05) is 140 Å². The van der Waals surface area contributed by atoms with Crippen LogP contribution in [0, 0.1) is 0 Å². The molecule has 0 unspecified atom stereocenters. The first kappa shape index (κ1) is 24.1. The molecule has 2 aromatic heterocycles. The van der Waals surface area contributed by atoms with E-state index in [1.807, 2.05) is 42.5 Å². The zero-order valence-corrected chi connectivity index (χ0v) is 22.6. The second-order valence-corrected chi connectivity index (χ2v) is 10.3. The summed E-state index contributed by atoms with van der Waals surface area (Å²) >= 11 is 0. The third kappa shape index (κ3) is 4.18. The Kier molecular flexibility index (Phi) is 5.75. The quantitative estimate of drug-likeness (QED) is 0.210. The molecule has 0 spiro atoms. The van der Waals surface area contributed by atoms with Gasteiger partial charge in [0.05, 0.1) is 5.52 Å². The van der Waals surface area contributed by atoms with Crippen LogP contribution >= 0.6 is 0 Å². The van der Waals surface area contributed by atoms with Gasteiger partial charge in [0.15, 0.2) is 17.5 Å². The van der Waals surface area contributed by atoms with E-state index in [0.717, 1.165) is 54.8 Å². The van der Waals surface area contributed by atoms with Crippen LogP contribution in [-0.2, 0) is 0 Å². The predicted octanol–water partition coefficient (Wildman–Crippen LogP) is 9.39. The molecule has 0 aliphatic rings. The first-order chi connectivity index (χ1) is 20.8. The minimum Gasteiger partial charge on any atom is -0.244 e. The molecule has 196 valence electrons. The van der Waals surface area contributed by atoms with Crippen LogP contribution < -0.4 is 0 Å². The van der Waals surface area contributed by atoms with E-state index >= 15 is 0 Å². The normalized spacial score (nSPS) is 11.3. The second-order valence-electron chi connectivity index (χ2n) is 10.3. The highest BCUT2D eigenvalue weighted by Crippen LogP contribution is 2.37. The van der Waals surface area contributed by atoms with Crippen molar-refractivity contribution >= 4 is 32.4 Å². The lowest BCUT2D eigenvalue weighted by atomic mass is 9.97. The van der Waals surface area contributed by atoms with Crippen molar-refractivity contribution < 1.29 is 0 Å². The van der Waals surface area contributed by atoms with E-state index in [2.05, 4.69) is 103 Å². The molecule has 0 bridgehead atoms. The van der Waals surface area contributed by atoms with Crippen LogP contribution in [0.15, 0.2) is 146 Å². The highest BCUT2D eigenvalue weighted by molar-refractivity contribution is 6.20. The van der Waals surface area contributed by atoms with E-state index in [4.69, 9.17) is 19.9 Å². The van der Waals surface area contributed by atoms with Crippen molar-refractivity contribution in [3.63, 3.8) is 0 Å². The van der Waals surface area contributed by atoms with Crippen LogP contribution in [0.2, 0.25) is 0 Å². The van der Waals surface area contributed by atoms with Crippen LogP contribution in [-0.4, -0.2) is 19.9 Å². The zero-order valence-electron chi connectivity index (χ0n) is 22.6. The minimum absolute atomic E-state index is 0.554. The van der Waals surface area contributed by atoms with E-state index < -0.39 is 0 Å². The van der Waals surface area contributed by atoms with E-state index in [9.17, 15) is 0 Å². The number of nitrogens with zero attached hydrogens (tertiary/aromatic N) is 4. The molecule has 0 saturated heterocycles. The van der Waals surface area contributed by atoms with E-state index in [0.29, 0.717) is 17.5 Å². The summed E-state index contributed by atoms with van der Waals surface area (Å²) in [5.74, 6) is 1.78. The molecule has 0 aliphatic carbocycles. The monoisotopic (exact) mass is 536 g/mol. The average molecular weight is 537 g/mol. The lowest BCUT2D eigenvalue weighted by Crippen LogP contribution is -2.02. The van der Waals surface area contributed by atoms with Gasteiger partial charge in [0.25, 0.3) is 0 Å². The number of para-hydroxylation sites is 1. The Labute approximate surface area is 243 Å². The smallest absolute Gasteiger partial charge is 0.183 e. The molecule has 8 rings (SSSR count). The van der Waals surface area contributed by atoms with Crippen molar-refractivity contribution in [1.29, 1.82) is 0 Å². The molecule has 8 aromatic rings. The van der Waals surface area contributed by atoms with Crippen molar-refractivity contribution in [1.82, 2.24) is 19.9 Å². The summed E-state index contributed by atoms with van der Waals surface area (Å²) in [6.07, 6.45) is 0. The lowest BCUT2D eigenvalue weighted by molar-refractivity contribution is 1.07. The van der Waals surface area contributed by atoms with Gasteiger partial charge in [-0.3, -0.25) is 0 Å². The fourth-order valence-electron chi connectivity index (χ4n) is 5.66. The van der Waals surface area contributed by atoms with Gasteiger partial charge in [-0.15, -0.1) is 0 Å². The largest absolute Gasteiger partial charge is 0.244 e. The lowest BCUT2D eigenvalue weighted by Gasteiger charge is -2.13. The van der Waals surface area contributed by atoms with Crippen molar-refractivity contribution in [3.05, 3.63) is 146 Å². The number of aromatic nitrogens is 4. The Morgan fingerprint density at radius 1 is 0.310 bits per heavy atom. The maximum absolute atomic E-state index is 5.19. The van der Waals surface area contributed by atoms with E-state index in [1.54, 1.807) is 0 Å². The Hall–Kier alpha value is -5.74. The van der Waals surface area contributed by atoms with Gasteiger partial charge >= 0.3 is 0 Å². The van der Waals surface area contributed by atoms with Gasteiger partial charge in [0, 0.05) is 21.9 Å². The summed E-state index contributed by atoms with van der Waals surface area (Å²) < 4.78 is 0. The molecule has 0 N–H and O–H groups in total. The fraction of sp³-hybridized carbons (Fsp3) is 0. The molecule has 0 amide bonds. The van der Waals surface area contributed by atoms with Gasteiger partial charge in [-0.2, -0.15) is 0 Å². The van der Waals surface area contributed by atoms with Crippen LogP contribution in [0.1, 0.15) is 0 Å². The molecular formula is C38H24N4. The molecule has 2 heterocycles. The van der Waals surface area contributed by atoms with Crippen molar-refractivity contribution in [2.24, 2.45) is 0 Å². The summed E-state index contributed by atoms with van der Waals surface area (Å²) in [5, 5.41) is 5.55. The molecule has 0 radical (unpaired) electrons. The number of fused-ring (bicyclic) bond motifs is 5. The fourth-order valence-corrected chi connectivity index (χ4v) is 5.66. The second kappa shape index (κ2) is 10.0. The SMILES string of the molecule is c1ccc(-c2ccc(-c3nc(-c4ccccc4)nc(-c4nc5ccccc5c5ccc6ccccc6c45)n3)cc2)cc1. The molecule has 0 aliphatic heterocycles. The topological polar surface area (TPSA) is 51.6 Å². The van der Waals surface area contributed by atoms with Crippen LogP contribution in [0.3, 0.4) is 0 Å². The molecular weight excluding hydrogens is 512 g/mol. The summed E-state index contributed by atoms with van der Waals surface area (Å²) in [5.41, 5.74) is 5.83. The molecule has 0 saturated carbocycles. The summed E-state index contributed by atoms with van der Waals surface area (Å²) in [6.45, 7) is 0. The number of pyridine rings is 1. The maximum atomic E-state index is 5.19. The van der Waals surface area contributed by atoms with Gasteiger partial charge in [-0.25, -0.2) is 19.9 Å². The molecule has 4 heteroatoms. The Bertz CT molecular complexity index is 2230. The molecule has 4 nitrogen and oxygen atoms in total. The Morgan fingerprint density at radius 2 is 0.833 bits per heavy atom. The van der Waals surface area contributed by atoms with Crippen molar-refractivity contribution in [2.75, 3.05) is 0 Å². The average Bonchev–Trinajstić information content (AvgIpc) is 3.08. The van der Waals surface area contributed by atoms with Crippen LogP contribution in [0.25, 0.3) is 77.9 Å². The van der Waals surface area contributed by atoms with Crippen molar-refractivity contribution in [3.8, 4) is 45.4 Å². The zero-order chi connectivity index (χ0) is 27.9. The highest BCUT2D eigenvalue weighted by atomic mass is 15.0. The summed E-state index contributed by atoms with van der Waals surface area (Å²) in [4.78, 5) is 20.3. The highest BCUT2D eigenvalue weighted by Gasteiger charge is 2.18. The molecule has 6 aromatic carbocycles. The van der Waals surface area contributed by atoms with Crippen molar-refractivity contribution in [2.45, 2.75) is 0 Å². The minimum atomic E-state index is 0.554. The number of hydrogen-bond donors (Lipinski definition) is 0. The third-order valence-electron chi connectivity index (χ3n) is 7.72. The summed E-state index contributed by atoms with van der Waals surface area (Å²) in [6, 6.07) is 49.9. The van der Waals surface area contributed by atoms with E-state index in [1.165, 1.54) is 5.56 Å². The Morgan fingerprint density at radius 3 is 1.57 bits per heavy atom. The maximum Gasteiger partial charge on any atom is 0.183 e. The first-order valence-corrected chi connectivity index (χ1v) is 14.0. The van der Waals surface area contributed by atoms with E-state index in [-0.39, 0.29) is 0 Å². The number of rotatable bonds is 4. The third-order valence-corrected chi connectivity index (χ3v) is 7.72. The predicted molar refractivity (Wildman–Crippen MR) is 172 cm³/mol. The van der Waals surface area contributed by atoms with Gasteiger partial charge in [0.2, 0.25) is 0 Å². The van der Waals surface area contributed by atoms with Crippen LogP contribution in [0.4, 0.5) is 0 Å². The standard InChI is InChI=1S/C38H24N4/c1-3-11-25(12-4-1)26-19-21-29(22-20-26)37-40-36(28-14-5-2-6-15-28)41-38(42-37)35-34-30-16-8-7-13-27(30)23-24-32(34)31-17-9-10-18-33(31)39-35/h1-24H. The van der Waals surface area contributed by atoms with Crippen LogP contribution in [0.5, 0.6) is 0 Å². The van der Waals surface area contributed by atoms with Gasteiger partial charge < -0.3 is 0 Å². The Balaban J connectivity index is 1.40. The summed E-state index contributed by atoms with van der Waals surface area (Å²) in [7, 11) is 0. The molecule has 0 atom stereocenters. The van der Waals surface area contributed by atoms with Gasteiger partial charge in [0.1, 0.15) is 5.69 Å². The van der Waals surface area contributed by atoms with Gasteiger partial charge in [-0.05, 0) is 33.4 Å². The first-order valence-electron chi connectivity index (χ1n) is 14.0. The molecule has 42 heavy (non-hydrogen) atoms. The number of hydrogen-bond acceptors (Lipinski definition) is 4.